The number of hydrogen-bond donors (Lipinski definition) is 3. The molecule has 15 heteroatoms. The molecule has 43 heavy (non-hydrogen) atoms. The molecular weight excluding hydrogens is 616 g/mol. The number of halogens is 5. The van der Waals surface area contributed by atoms with Gasteiger partial charge in [0.1, 0.15) is 35.9 Å². The predicted molar refractivity (Wildman–Crippen MR) is 149 cm³/mol. The molecule has 3 aromatic rings. The summed E-state index contributed by atoms with van der Waals surface area (Å²) < 4.78 is 55.2. The zero-order chi connectivity index (χ0) is 31.0. The van der Waals surface area contributed by atoms with Crippen molar-refractivity contribution in [1.82, 2.24) is 15.0 Å². The van der Waals surface area contributed by atoms with Crippen LogP contribution >= 0.6 is 23.2 Å². The van der Waals surface area contributed by atoms with Gasteiger partial charge in [-0.1, -0.05) is 41.3 Å². The van der Waals surface area contributed by atoms with Crippen molar-refractivity contribution in [3.63, 3.8) is 0 Å². The summed E-state index contributed by atoms with van der Waals surface area (Å²) in [7, 11) is 1.27. The first-order valence-electron chi connectivity index (χ1n) is 13.6. The van der Waals surface area contributed by atoms with Crippen molar-refractivity contribution < 1.29 is 42.8 Å². The van der Waals surface area contributed by atoms with Crippen molar-refractivity contribution >= 4 is 34.8 Å². The summed E-state index contributed by atoms with van der Waals surface area (Å²) in [5.41, 5.74) is 0.375. The maximum atomic E-state index is 14.4. The quantitative estimate of drug-likeness (QED) is 0.332. The molecule has 7 atom stereocenters. The standard InChI is InChI=1S/C28H29Cl2F3N4O6/c1-42-26-24(36-11-19(34-35-36)13-8-15(29)23(30)18(33)9-13)25(40)22(12-38)43-27(26)28(41)37(20-4-2-3-5-21(20)39)14-6-7-16(31)17(32)10-14/h6-11,20-22,24-27,38-40H,2-5,12H2,1H3/t20-,21-,22+,24-,25-,26+,27+/m0/s1. The van der Waals surface area contributed by atoms with E-state index in [0.717, 1.165) is 29.5 Å². The minimum atomic E-state index is -1.51. The van der Waals surface area contributed by atoms with Crippen LogP contribution in [0.3, 0.4) is 0 Å². The lowest BCUT2D eigenvalue weighted by atomic mass is 9.88. The number of ether oxygens (including phenoxy) is 2. The van der Waals surface area contributed by atoms with Crippen molar-refractivity contribution in [2.24, 2.45) is 0 Å². The Labute approximate surface area is 254 Å². The molecule has 2 aliphatic rings. The Balaban J connectivity index is 1.54. The molecule has 1 aliphatic carbocycles. The molecule has 1 aliphatic heterocycles. The molecule has 2 fully saturated rings. The van der Waals surface area contributed by atoms with Gasteiger partial charge in [0.25, 0.3) is 5.91 Å². The summed E-state index contributed by atoms with van der Waals surface area (Å²) in [4.78, 5) is 15.5. The van der Waals surface area contributed by atoms with Crippen molar-refractivity contribution in [2.75, 3.05) is 18.6 Å². The lowest BCUT2D eigenvalue weighted by molar-refractivity contribution is -0.211. The predicted octanol–water partition coefficient (Wildman–Crippen LogP) is 3.68. The largest absolute Gasteiger partial charge is 0.394 e. The number of aromatic nitrogens is 3. The number of benzene rings is 2. The van der Waals surface area contributed by atoms with Crippen LogP contribution in [0, 0.1) is 17.5 Å². The summed E-state index contributed by atoms with van der Waals surface area (Å²) in [6.07, 6.45) is -2.96. The zero-order valence-electron chi connectivity index (χ0n) is 22.8. The normalized spacial score (nSPS) is 27.7. The summed E-state index contributed by atoms with van der Waals surface area (Å²) in [6.45, 7) is -0.700. The third-order valence-corrected chi connectivity index (χ3v) is 8.70. The fourth-order valence-corrected chi connectivity index (χ4v) is 6.08. The minimum Gasteiger partial charge on any atom is -0.394 e. The van der Waals surface area contributed by atoms with E-state index in [9.17, 15) is 33.3 Å². The molecule has 0 bridgehead atoms. The van der Waals surface area contributed by atoms with Crippen molar-refractivity contribution in [3.05, 3.63) is 64.0 Å². The van der Waals surface area contributed by atoms with E-state index in [2.05, 4.69) is 10.3 Å². The first-order chi connectivity index (χ1) is 20.5. The highest BCUT2D eigenvalue weighted by atomic mass is 35.5. The van der Waals surface area contributed by atoms with Crippen LogP contribution in [0.25, 0.3) is 11.3 Å². The second-order valence-corrected chi connectivity index (χ2v) is 11.3. The lowest BCUT2D eigenvalue weighted by Crippen LogP contribution is -2.63. The van der Waals surface area contributed by atoms with E-state index >= 15 is 0 Å². The number of carbonyl (C=O) groups excluding carboxylic acids is 1. The van der Waals surface area contributed by atoms with Gasteiger partial charge >= 0.3 is 0 Å². The zero-order valence-corrected chi connectivity index (χ0v) is 24.3. The Morgan fingerprint density at radius 2 is 1.86 bits per heavy atom. The Hall–Kier alpha value is -2.78. The van der Waals surface area contributed by atoms with E-state index in [1.54, 1.807) is 0 Å². The molecule has 2 heterocycles. The number of rotatable bonds is 7. The molecule has 1 saturated carbocycles. The molecule has 3 N–H and O–H groups in total. The molecule has 1 saturated heterocycles. The topological polar surface area (TPSA) is 130 Å². The molecule has 5 rings (SSSR count). The summed E-state index contributed by atoms with van der Waals surface area (Å²) in [6, 6.07) is 3.48. The van der Waals surface area contributed by atoms with Crippen LogP contribution in [0.5, 0.6) is 0 Å². The fourth-order valence-electron chi connectivity index (χ4n) is 5.76. The van der Waals surface area contributed by atoms with Crippen LogP contribution in [0.15, 0.2) is 36.5 Å². The number of aliphatic hydroxyl groups is 3. The highest BCUT2D eigenvalue weighted by molar-refractivity contribution is 6.42. The molecule has 1 aromatic heterocycles. The maximum absolute atomic E-state index is 14.4. The SMILES string of the molecule is CO[C@@H]1[C@@H](n2cc(-c3cc(F)c(Cl)c(Cl)c3)nn2)[C@@H](O)[C@@H](CO)O[C@H]1C(=O)N(c1ccc(F)c(F)c1)[C@H]1CCCC[C@@H]1O. The Bertz CT molecular complexity index is 1460. The monoisotopic (exact) mass is 644 g/mol. The fraction of sp³-hybridized carbons (Fsp3) is 0.464. The molecule has 2 aromatic carbocycles. The van der Waals surface area contributed by atoms with Gasteiger partial charge in [0, 0.05) is 24.4 Å². The van der Waals surface area contributed by atoms with Gasteiger partial charge in [0.05, 0.1) is 35.0 Å². The smallest absolute Gasteiger partial charge is 0.259 e. The van der Waals surface area contributed by atoms with Crippen molar-refractivity contribution in [3.8, 4) is 11.3 Å². The van der Waals surface area contributed by atoms with Gasteiger partial charge in [0.15, 0.2) is 17.7 Å². The highest BCUT2D eigenvalue weighted by Gasteiger charge is 2.52. The second-order valence-electron chi connectivity index (χ2n) is 10.5. The minimum absolute atomic E-state index is 0.0128. The number of aliphatic hydroxyl groups excluding tert-OH is 3. The van der Waals surface area contributed by atoms with Crippen LogP contribution in [-0.4, -0.2) is 86.5 Å². The third-order valence-electron chi connectivity index (χ3n) is 7.92. The van der Waals surface area contributed by atoms with Crippen LogP contribution in [0.4, 0.5) is 18.9 Å². The van der Waals surface area contributed by atoms with Gasteiger partial charge in [-0.15, -0.1) is 5.10 Å². The van der Waals surface area contributed by atoms with E-state index in [1.807, 2.05) is 0 Å². The van der Waals surface area contributed by atoms with Gasteiger partial charge in [-0.25, -0.2) is 17.9 Å². The number of methoxy groups -OCH3 is 1. The van der Waals surface area contributed by atoms with E-state index in [0.29, 0.717) is 19.3 Å². The van der Waals surface area contributed by atoms with Gasteiger partial charge in [-0.3, -0.25) is 4.79 Å². The average molecular weight is 645 g/mol. The average Bonchev–Trinajstić information content (AvgIpc) is 3.48. The first kappa shape index (κ1) is 31.6. The van der Waals surface area contributed by atoms with Crippen LogP contribution < -0.4 is 4.90 Å². The van der Waals surface area contributed by atoms with Crippen LogP contribution in [0.2, 0.25) is 10.0 Å². The Kier molecular flexibility index (Phi) is 9.61. The van der Waals surface area contributed by atoms with E-state index in [1.165, 1.54) is 30.1 Å². The maximum Gasteiger partial charge on any atom is 0.259 e. The third kappa shape index (κ3) is 6.12. The number of hydrogen-bond acceptors (Lipinski definition) is 8. The molecular formula is C28H29Cl2F3N4O6. The molecule has 0 unspecified atom stereocenters. The number of amides is 1. The van der Waals surface area contributed by atoms with Gasteiger partial charge in [-0.05, 0) is 37.1 Å². The first-order valence-corrected chi connectivity index (χ1v) is 14.3. The second kappa shape index (κ2) is 13.1. The molecule has 1 amide bonds. The van der Waals surface area contributed by atoms with Gasteiger partial charge < -0.3 is 29.7 Å². The van der Waals surface area contributed by atoms with E-state index < -0.39 is 72.6 Å². The van der Waals surface area contributed by atoms with Crippen LogP contribution in [-0.2, 0) is 14.3 Å². The molecule has 0 radical (unpaired) electrons. The number of carbonyl (C=O) groups is 1. The molecule has 232 valence electrons. The van der Waals surface area contributed by atoms with E-state index in [-0.39, 0.29) is 27.0 Å². The summed E-state index contributed by atoms with van der Waals surface area (Å²) in [5, 5.41) is 39.9. The highest BCUT2D eigenvalue weighted by Crippen LogP contribution is 2.37. The summed E-state index contributed by atoms with van der Waals surface area (Å²) in [5.74, 6) is -3.86. The van der Waals surface area contributed by atoms with Crippen molar-refractivity contribution in [2.45, 2.75) is 68.3 Å². The lowest BCUT2D eigenvalue weighted by Gasteiger charge is -2.46. The Morgan fingerprint density at radius 3 is 2.51 bits per heavy atom. The molecule has 0 spiro atoms. The number of nitrogens with zero attached hydrogens (tertiary/aromatic N) is 4. The van der Waals surface area contributed by atoms with Gasteiger partial charge in [0.2, 0.25) is 0 Å². The number of anilines is 1. The van der Waals surface area contributed by atoms with Crippen molar-refractivity contribution in [1.29, 1.82) is 0 Å². The Morgan fingerprint density at radius 1 is 1.12 bits per heavy atom. The summed E-state index contributed by atoms with van der Waals surface area (Å²) >= 11 is 11.8. The van der Waals surface area contributed by atoms with E-state index in [4.69, 9.17) is 32.7 Å². The van der Waals surface area contributed by atoms with Gasteiger partial charge in [-0.2, -0.15) is 0 Å². The molecule has 10 nitrogen and oxygen atoms in total. The van der Waals surface area contributed by atoms with Crippen LogP contribution in [0.1, 0.15) is 31.7 Å².